The number of hydrogen-bond acceptors (Lipinski definition) is 2. The van der Waals surface area contributed by atoms with Crippen LogP contribution < -0.4 is 0 Å². The molecule has 3 rings (SSSR count). The maximum absolute atomic E-state index is 7.45. The Labute approximate surface area is 70.6 Å². The molecule has 2 bridgehead atoms. The molecule has 0 spiro atoms. The molecule has 3 aromatic rings. The Morgan fingerprint density at radius 3 is 2.58 bits per heavy atom. The van der Waals surface area contributed by atoms with Crippen LogP contribution in [0.3, 0.4) is 0 Å². The Hall–Kier alpha value is -1.32. The van der Waals surface area contributed by atoms with E-state index in [1.165, 1.54) is 5.56 Å². The van der Waals surface area contributed by atoms with Gasteiger partial charge in [0.15, 0.2) is 5.65 Å². The predicted octanol–water partition coefficient (Wildman–Crippen LogP) is 1.54. The molecule has 4 nitrogen and oxygen atoms in total. The van der Waals surface area contributed by atoms with Crippen LogP contribution in [0.5, 0.6) is 0 Å². The van der Waals surface area contributed by atoms with Gasteiger partial charge in [-0.2, -0.15) is 9.31 Å². The maximum atomic E-state index is 7.45. The third-order valence-electron chi connectivity index (χ3n) is 2.06. The zero-order valence-corrected chi connectivity index (χ0v) is 7.50. The molecule has 3 aromatic heterocycles. The van der Waals surface area contributed by atoms with Crippen LogP contribution in [-0.4, -0.2) is 20.2 Å². The Morgan fingerprint density at radius 1 is 1.58 bits per heavy atom. The molecule has 0 radical (unpaired) electrons. The van der Waals surface area contributed by atoms with Crippen molar-refractivity contribution in [2.75, 3.05) is 0 Å². The molecule has 4 heteroatoms. The first-order chi connectivity index (χ1) is 5.61. The van der Waals surface area contributed by atoms with Gasteiger partial charge in [-0.15, -0.1) is 5.10 Å². The summed E-state index contributed by atoms with van der Waals surface area (Å²) in [5.74, 6) is 1.00. The van der Waals surface area contributed by atoms with E-state index in [1.807, 2.05) is 6.20 Å². The zero-order chi connectivity index (χ0) is 8.88. The molecule has 1 N–H and O–H groups in total. The first kappa shape index (κ1) is 7.34. The van der Waals surface area contributed by atoms with Gasteiger partial charge in [-0.05, 0) is 12.8 Å². The van der Waals surface area contributed by atoms with Crippen LogP contribution in [-0.2, 0) is 0 Å². The Balaban J connectivity index is 2.54. The average Bonchev–Trinajstić information content (AvgIpc) is 2.37. The largest absolute Gasteiger partial charge is 0.287 e. The van der Waals surface area contributed by atoms with Crippen molar-refractivity contribution in [3.63, 3.8) is 0 Å². The summed E-state index contributed by atoms with van der Waals surface area (Å²) in [6.07, 6.45) is 1.98. The van der Waals surface area contributed by atoms with Gasteiger partial charge < -0.3 is 0 Å². The van der Waals surface area contributed by atoms with Crippen LogP contribution in [0.25, 0.3) is 5.65 Å². The van der Waals surface area contributed by atoms with Crippen molar-refractivity contribution in [3.05, 3.63) is 11.8 Å². The summed E-state index contributed by atoms with van der Waals surface area (Å²) < 4.78 is 3.52. The lowest BCUT2D eigenvalue weighted by Crippen LogP contribution is -2.21. The number of aromatic nitrogens is 3. The van der Waals surface area contributed by atoms with Crippen molar-refractivity contribution >= 4 is 11.5 Å². The van der Waals surface area contributed by atoms with Gasteiger partial charge in [-0.3, -0.25) is 5.41 Å². The summed E-state index contributed by atoms with van der Waals surface area (Å²) in [4.78, 5) is 0. The topological polar surface area (TPSA) is 46.1 Å². The summed E-state index contributed by atoms with van der Waals surface area (Å²) in [5, 5.41) is 11.6. The van der Waals surface area contributed by atoms with Crippen LogP contribution in [0.4, 0.5) is 0 Å². The monoisotopic (exact) mass is 164 g/mol. The van der Waals surface area contributed by atoms with E-state index in [1.54, 1.807) is 16.2 Å². The number of rotatable bonds is 1. The lowest BCUT2D eigenvalue weighted by molar-refractivity contribution is 0.653. The molecule has 0 atom stereocenters. The maximum Gasteiger partial charge on any atom is 0.182 e. The van der Waals surface area contributed by atoms with Crippen molar-refractivity contribution < 1.29 is 0 Å². The van der Waals surface area contributed by atoms with Crippen molar-refractivity contribution in [2.24, 2.45) is 0 Å². The molecule has 0 saturated carbocycles. The first-order valence-electron chi connectivity index (χ1n) is 4.06. The second kappa shape index (κ2) is 2.09. The highest BCUT2D eigenvalue weighted by Crippen LogP contribution is 2.22. The van der Waals surface area contributed by atoms with Crippen LogP contribution >= 0.6 is 0 Å². The third-order valence-corrected chi connectivity index (χ3v) is 2.06. The predicted molar refractivity (Wildman–Crippen MR) is 47.3 cm³/mol. The molecule has 0 saturated heterocycles. The summed E-state index contributed by atoms with van der Waals surface area (Å²) >= 11 is 0. The minimum Gasteiger partial charge on any atom is -0.287 e. The second-order valence-electron chi connectivity index (χ2n) is 3.38. The Bertz CT molecular complexity index is 406. The van der Waals surface area contributed by atoms with Gasteiger partial charge >= 0.3 is 0 Å². The molecular weight excluding hydrogens is 152 g/mol. The van der Waals surface area contributed by atoms with E-state index in [9.17, 15) is 0 Å². The fraction of sp³-hybridized carbons (Fsp3) is 0.500. The highest BCUT2D eigenvalue weighted by Gasteiger charge is 2.19. The third kappa shape index (κ3) is 0.719. The molecule has 12 heavy (non-hydrogen) atoms. The molecule has 0 aliphatic rings. The number of nitrogens with one attached hydrogen (secondary N) is 1. The fourth-order valence-electron chi connectivity index (χ4n) is 1.41. The van der Waals surface area contributed by atoms with Crippen molar-refractivity contribution in [1.29, 1.82) is 5.41 Å². The minimum atomic E-state index is 0.484. The van der Waals surface area contributed by atoms with Crippen LogP contribution in [0, 0.1) is 5.41 Å². The van der Waals surface area contributed by atoms with Crippen LogP contribution in [0.15, 0.2) is 6.20 Å². The molecule has 0 amide bonds. The molecule has 0 aliphatic heterocycles. The van der Waals surface area contributed by atoms with Crippen molar-refractivity contribution in [2.45, 2.75) is 26.7 Å². The molecule has 0 aliphatic carbocycles. The highest BCUT2D eigenvalue weighted by atomic mass is 15.6. The van der Waals surface area contributed by atoms with E-state index in [2.05, 4.69) is 18.9 Å². The molecule has 0 aromatic carbocycles. The van der Waals surface area contributed by atoms with Crippen LogP contribution in [0.1, 0.15) is 32.3 Å². The lowest BCUT2D eigenvalue weighted by atomic mass is 10.1. The van der Waals surface area contributed by atoms with E-state index in [-0.39, 0.29) is 0 Å². The minimum absolute atomic E-state index is 0.484. The quantitative estimate of drug-likeness (QED) is 0.504. The summed E-state index contributed by atoms with van der Waals surface area (Å²) in [6, 6.07) is 0. The van der Waals surface area contributed by atoms with Gasteiger partial charge in [0.25, 0.3) is 0 Å². The molecule has 64 valence electrons. The van der Waals surface area contributed by atoms with Gasteiger partial charge in [-0.25, -0.2) is 0 Å². The van der Waals surface area contributed by atoms with E-state index in [4.69, 9.17) is 5.41 Å². The Morgan fingerprint density at radius 2 is 2.25 bits per heavy atom. The first-order valence-corrected chi connectivity index (χ1v) is 4.06. The van der Waals surface area contributed by atoms with Crippen molar-refractivity contribution in [1.82, 2.24) is 14.4 Å². The number of fused-ring (bicyclic) bond motifs is 1. The fourth-order valence-corrected chi connectivity index (χ4v) is 1.41. The number of nitrogens with zero attached hydrogens (tertiary/aromatic N) is 3. The zero-order valence-electron chi connectivity index (χ0n) is 7.50. The summed E-state index contributed by atoms with van der Waals surface area (Å²) in [6.45, 7) is 6.03. The lowest BCUT2D eigenvalue weighted by Gasteiger charge is -2.09. The molecule has 3 heterocycles. The second-order valence-corrected chi connectivity index (χ2v) is 3.38. The molecular formula is C8H12N4. The van der Waals surface area contributed by atoms with E-state index in [0.717, 1.165) is 5.65 Å². The van der Waals surface area contributed by atoms with E-state index < -0.39 is 0 Å². The summed E-state index contributed by atoms with van der Waals surface area (Å²) in [7, 11) is 0. The van der Waals surface area contributed by atoms with Gasteiger partial charge in [0, 0.05) is 5.56 Å². The SMILES string of the molecule is CC(=N)n1c2nn1cc2C(C)C. The number of hydrogen-bond donors (Lipinski definition) is 1. The normalized spacial score (nSPS) is 12.0. The van der Waals surface area contributed by atoms with E-state index >= 15 is 0 Å². The molecule has 0 unspecified atom stereocenters. The van der Waals surface area contributed by atoms with Gasteiger partial charge in [-0.1, -0.05) is 13.8 Å². The van der Waals surface area contributed by atoms with Gasteiger partial charge in [0.2, 0.25) is 0 Å². The van der Waals surface area contributed by atoms with Gasteiger partial charge in [0.1, 0.15) is 5.84 Å². The highest BCUT2D eigenvalue weighted by molar-refractivity contribution is 5.83. The smallest absolute Gasteiger partial charge is 0.182 e. The standard InChI is InChI=1S/C8H12N4/c1-5(2)7-4-11-10-8(7)12(11)6(3)9/h4-5,9H,1-3H3. The average molecular weight is 164 g/mol. The summed E-state index contributed by atoms with van der Waals surface area (Å²) in [5.41, 5.74) is 2.17. The molecule has 0 fully saturated rings. The van der Waals surface area contributed by atoms with Gasteiger partial charge in [0.05, 0.1) is 6.20 Å². The van der Waals surface area contributed by atoms with E-state index in [0.29, 0.717) is 11.8 Å². The Kier molecular flexibility index (Phi) is 1.28. The van der Waals surface area contributed by atoms with Crippen LogP contribution in [0.2, 0.25) is 0 Å². The van der Waals surface area contributed by atoms with Crippen molar-refractivity contribution in [3.8, 4) is 0 Å².